The molecule has 1 aliphatic heterocycles. The van der Waals surface area contributed by atoms with Gasteiger partial charge in [0.15, 0.2) is 0 Å². The molecule has 3 aromatic rings. The Bertz CT molecular complexity index is 1220. The molecule has 11 heteroatoms. The van der Waals surface area contributed by atoms with Crippen LogP contribution < -0.4 is 21.1 Å². The van der Waals surface area contributed by atoms with Crippen molar-refractivity contribution in [2.75, 3.05) is 29.9 Å². The summed E-state index contributed by atoms with van der Waals surface area (Å²) in [6, 6.07) is 8.67. The SMILES string of the molecule is Cc1cc(C(=O)NC[C@H]2CC[C@@H](Nc3ccc(-n4nc(N5CC(O)C5)ccc4=O)cn3)C2)on1. The fraction of sp³-hybridized carbons (Fsp3) is 0.435. The van der Waals surface area contributed by atoms with Gasteiger partial charge in [-0.2, -0.15) is 4.68 Å². The number of aromatic nitrogens is 4. The molecule has 2 aliphatic rings. The van der Waals surface area contributed by atoms with Crippen LogP contribution in [-0.2, 0) is 0 Å². The first-order valence-corrected chi connectivity index (χ1v) is 11.4. The predicted octanol–water partition coefficient (Wildman–Crippen LogP) is 1.12. The molecule has 2 fully saturated rings. The van der Waals surface area contributed by atoms with E-state index in [4.69, 9.17) is 4.52 Å². The molecule has 0 radical (unpaired) electrons. The van der Waals surface area contributed by atoms with Crippen molar-refractivity contribution in [1.29, 1.82) is 0 Å². The van der Waals surface area contributed by atoms with Crippen LogP contribution in [-0.4, -0.2) is 62.7 Å². The van der Waals surface area contributed by atoms with Gasteiger partial charge in [-0.25, -0.2) is 4.98 Å². The number of aliphatic hydroxyl groups is 1. The molecule has 5 rings (SSSR count). The number of rotatable bonds is 7. The molecule has 3 N–H and O–H groups in total. The summed E-state index contributed by atoms with van der Waals surface area (Å²) in [4.78, 5) is 30.8. The predicted molar refractivity (Wildman–Crippen MR) is 124 cm³/mol. The monoisotopic (exact) mass is 465 g/mol. The van der Waals surface area contributed by atoms with E-state index in [1.807, 2.05) is 17.0 Å². The zero-order valence-electron chi connectivity index (χ0n) is 18.8. The largest absolute Gasteiger partial charge is 0.389 e. The van der Waals surface area contributed by atoms with Crippen LogP contribution in [0, 0.1) is 12.8 Å². The third kappa shape index (κ3) is 4.79. The topological polar surface area (TPSA) is 138 Å². The maximum absolute atomic E-state index is 12.3. The van der Waals surface area contributed by atoms with Crippen LogP contribution in [0.5, 0.6) is 0 Å². The van der Waals surface area contributed by atoms with Crippen molar-refractivity contribution in [3.05, 3.63) is 58.3 Å². The Morgan fingerprint density at radius 3 is 2.79 bits per heavy atom. The second-order valence-electron chi connectivity index (χ2n) is 8.96. The second kappa shape index (κ2) is 9.26. The minimum Gasteiger partial charge on any atom is -0.389 e. The Labute approximate surface area is 195 Å². The second-order valence-corrected chi connectivity index (χ2v) is 8.96. The first-order chi connectivity index (χ1) is 16.4. The van der Waals surface area contributed by atoms with Gasteiger partial charge in [-0.15, -0.1) is 5.10 Å². The number of nitrogens with one attached hydrogen (secondary N) is 2. The molecular formula is C23H27N7O4. The third-order valence-electron chi connectivity index (χ3n) is 6.26. The number of hydrogen-bond acceptors (Lipinski definition) is 9. The number of aliphatic hydroxyl groups excluding tert-OH is 1. The first-order valence-electron chi connectivity index (χ1n) is 11.4. The molecule has 1 saturated heterocycles. The van der Waals surface area contributed by atoms with E-state index < -0.39 is 0 Å². The van der Waals surface area contributed by atoms with Crippen LogP contribution in [0.3, 0.4) is 0 Å². The zero-order chi connectivity index (χ0) is 23.7. The van der Waals surface area contributed by atoms with Crippen molar-refractivity contribution in [1.82, 2.24) is 25.2 Å². The van der Waals surface area contributed by atoms with Crippen LogP contribution >= 0.6 is 0 Å². The molecule has 1 saturated carbocycles. The smallest absolute Gasteiger partial charge is 0.289 e. The molecule has 1 amide bonds. The van der Waals surface area contributed by atoms with Crippen molar-refractivity contribution < 1.29 is 14.4 Å². The molecule has 3 aromatic heterocycles. The number of carbonyl (C=O) groups is 1. The fourth-order valence-corrected chi connectivity index (χ4v) is 4.39. The minimum atomic E-state index is -0.349. The summed E-state index contributed by atoms with van der Waals surface area (Å²) in [5.74, 6) is 1.74. The number of anilines is 2. The minimum absolute atomic E-state index is 0.232. The maximum atomic E-state index is 12.3. The molecule has 34 heavy (non-hydrogen) atoms. The number of amides is 1. The molecule has 2 atom stereocenters. The van der Waals surface area contributed by atoms with Crippen LogP contribution in [0.2, 0.25) is 0 Å². The summed E-state index contributed by atoms with van der Waals surface area (Å²) in [6.07, 6.45) is 4.18. The molecule has 0 spiro atoms. The van der Waals surface area contributed by atoms with Crippen molar-refractivity contribution in [3.63, 3.8) is 0 Å². The lowest BCUT2D eigenvalue weighted by molar-refractivity contribution is 0.0910. The quantitative estimate of drug-likeness (QED) is 0.468. The highest BCUT2D eigenvalue weighted by Crippen LogP contribution is 2.27. The Balaban J connectivity index is 1.15. The molecule has 0 bridgehead atoms. The molecule has 4 heterocycles. The number of aryl methyl sites for hydroxylation is 1. The van der Waals surface area contributed by atoms with E-state index in [2.05, 4.69) is 25.9 Å². The van der Waals surface area contributed by atoms with Gasteiger partial charge >= 0.3 is 0 Å². The number of carbonyl (C=O) groups excluding carboxylic acids is 1. The molecule has 178 valence electrons. The molecule has 0 unspecified atom stereocenters. The van der Waals surface area contributed by atoms with Crippen LogP contribution in [0.25, 0.3) is 5.69 Å². The number of nitrogens with zero attached hydrogens (tertiary/aromatic N) is 5. The summed E-state index contributed by atoms with van der Waals surface area (Å²) in [5, 5.41) is 24.0. The van der Waals surface area contributed by atoms with Crippen molar-refractivity contribution >= 4 is 17.5 Å². The molecular weight excluding hydrogens is 438 g/mol. The van der Waals surface area contributed by atoms with E-state index >= 15 is 0 Å². The van der Waals surface area contributed by atoms with Gasteiger partial charge in [0.1, 0.15) is 11.6 Å². The van der Waals surface area contributed by atoms with Gasteiger partial charge < -0.3 is 25.2 Å². The van der Waals surface area contributed by atoms with Gasteiger partial charge in [-0.3, -0.25) is 9.59 Å². The third-order valence-corrected chi connectivity index (χ3v) is 6.26. The number of hydrogen-bond donors (Lipinski definition) is 3. The molecule has 1 aliphatic carbocycles. The summed E-state index contributed by atoms with van der Waals surface area (Å²) >= 11 is 0. The Kier molecular flexibility index (Phi) is 6.01. The Morgan fingerprint density at radius 2 is 2.09 bits per heavy atom. The van der Waals surface area contributed by atoms with Crippen LogP contribution in [0.1, 0.15) is 35.5 Å². The van der Waals surface area contributed by atoms with E-state index in [-0.39, 0.29) is 29.4 Å². The van der Waals surface area contributed by atoms with E-state index in [1.165, 1.54) is 10.7 Å². The summed E-state index contributed by atoms with van der Waals surface area (Å²) < 4.78 is 6.32. The summed E-state index contributed by atoms with van der Waals surface area (Å²) in [7, 11) is 0. The van der Waals surface area contributed by atoms with Gasteiger partial charge in [0, 0.05) is 37.8 Å². The van der Waals surface area contributed by atoms with E-state index in [1.54, 1.807) is 25.3 Å². The van der Waals surface area contributed by atoms with Gasteiger partial charge in [-0.05, 0) is 50.3 Å². The van der Waals surface area contributed by atoms with Gasteiger partial charge in [0.25, 0.3) is 11.5 Å². The highest BCUT2D eigenvalue weighted by Gasteiger charge is 2.27. The molecule has 0 aromatic carbocycles. The van der Waals surface area contributed by atoms with Crippen LogP contribution in [0.4, 0.5) is 11.6 Å². The average Bonchev–Trinajstić information content (AvgIpc) is 3.45. The summed E-state index contributed by atoms with van der Waals surface area (Å²) in [5.41, 5.74) is 1.01. The van der Waals surface area contributed by atoms with E-state index in [0.717, 1.165) is 25.1 Å². The number of pyridine rings is 1. The van der Waals surface area contributed by atoms with Crippen molar-refractivity contribution in [2.24, 2.45) is 5.92 Å². The maximum Gasteiger partial charge on any atom is 0.289 e. The average molecular weight is 466 g/mol. The van der Waals surface area contributed by atoms with Crippen LogP contribution in [0.15, 0.2) is 45.8 Å². The lowest BCUT2D eigenvalue weighted by atomic mass is 10.1. The first kappa shape index (κ1) is 22.1. The molecule has 11 nitrogen and oxygen atoms in total. The van der Waals surface area contributed by atoms with Crippen molar-refractivity contribution in [3.8, 4) is 5.69 Å². The van der Waals surface area contributed by atoms with Gasteiger partial charge in [0.2, 0.25) is 5.76 Å². The highest BCUT2D eigenvalue weighted by molar-refractivity contribution is 5.91. The Hall–Kier alpha value is -3.73. The summed E-state index contributed by atoms with van der Waals surface area (Å²) in [6.45, 7) is 3.39. The fourth-order valence-electron chi connectivity index (χ4n) is 4.39. The van der Waals surface area contributed by atoms with Gasteiger partial charge in [0.05, 0.1) is 23.7 Å². The highest BCUT2D eigenvalue weighted by atomic mass is 16.5. The Morgan fingerprint density at radius 1 is 1.24 bits per heavy atom. The van der Waals surface area contributed by atoms with E-state index in [0.29, 0.717) is 42.8 Å². The number of β-amino-alcohol motifs (C(OH)–C–C–N with tert-alkyl or cyclic N) is 1. The normalized spacial score (nSPS) is 20.2. The van der Waals surface area contributed by atoms with Gasteiger partial charge in [-0.1, -0.05) is 5.16 Å². The van der Waals surface area contributed by atoms with Crippen molar-refractivity contribution in [2.45, 2.75) is 38.3 Å². The van der Waals surface area contributed by atoms with E-state index in [9.17, 15) is 14.7 Å². The lowest BCUT2D eigenvalue weighted by Crippen LogP contribution is -2.51. The zero-order valence-corrected chi connectivity index (χ0v) is 18.8. The lowest BCUT2D eigenvalue weighted by Gasteiger charge is -2.36. The standard InChI is InChI=1S/C23H27N7O4/c1-14-8-19(34-28-14)23(33)25-10-15-2-3-16(9-15)26-20-5-4-17(11-24-20)30-22(32)7-6-21(27-30)29-12-18(31)13-29/h4-8,11,15-16,18,31H,2-3,9-10,12-13H2,1H3,(H,24,26)(H,25,33)/t15-,16+/m0/s1.